The molecule has 0 aromatic heterocycles. The van der Waals surface area contributed by atoms with Gasteiger partial charge >= 0.3 is 0 Å². The van der Waals surface area contributed by atoms with E-state index in [1.54, 1.807) is 6.07 Å². The van der Waals surface area contributed by atoms with Gasteiger partial charge in [0.05, 0.1) is 10.6 Å². The van der Waals surface area contributed by atoms with E-state index in [4.69, 9.17) is 17.3 Å². The van der Waals surface area contributed by atoms with Crippen LogP contribution in [0.2, 0.25) is 5.02 Å². The molecule has 0 saturated heterocycles. The van der Waals surface area contributed by atoms with Crippen LogP contribution in [0.25, 0.3) is 0 Å². The summed E-state index contributed by atoms with van der Waals surface area (Å²) in [6.07, 6.45) is 0.815. The van der Waals surface area contributed by atoms with Crippen LogP contribution in [-0.4, -0.2) is 11.9 Å². The van der Waals surface area contributed by atoms with Gasteiger partial charge in [0.2, 0.25) is 0 Å². The lowest BCUT2D eigenvalue weighted by Gasteiger charge is -2.23. The van der Waals surface area contributed by atoms with E-state index in [1.165, 1.54) is 0 Å². The van der Waals surface area contributed by atoms with Gasteiger partial charge in [0.1, 0.15) is 0 Å². The maximum Gasteiger partial charge on any atom is 0.260 e. The minimum atomic E-state index is -0.0592. The summed E-state index contributed by atoms with van der Waals surface area (Å²) in [5, 5.41) is 0.496. The molecule has 3 rings (SSSR count). The van der Waals surface area contributed by atoms with Crippen molar-refractivity contribution in [1.82, 2.24) is 0 Å². The van der Waals surface area contributed by atoms with Gasteiger partial charge in [-0.15, -0.1) is 0 Å². The van der Waals surface area contributed by atoms with Gasteiger partial charge < -0.3 is 10.6 Å². The van der Waals surface area contributed by atoms with Crippen molar-refractivity contribution >= 4 is 28.9 Å². The van der Waals surface area contributed by atoms with Crippen LogP contribution in [0.4, 0.5) is 11.4 Å². The molecule has 0 spiro atoms. The van der Waals surface area contributed by atoms with E-state index >= 15 is 0 Å². The van der Waals surface area contributed by atoms with E-state index in [0.717, 1.165) is 28.9 Å². The molecule has 1 heterocycles. The summed E-state index contributed by atoms with van der Waals surface area (Å²) < 4.78 is 0. The standard InChI is InChI=1S/C17H17ClN2O/c1-10-3-5-14(15(18)7-10)17(21)20-11(2)8-12-9-13(19)4-6-16(12)20/h3-7,9,11H,8,19H2,1-2H3. The minimum absolute atomic E-state index is 0.0592. The zero-order valence-corrected chi connectivity index (χ0v) is 12.8. The second kappa shape index (κ2) is 5.08. The highest BCUT2D eigenvalue weighted by Gasteiger charge is 2.32. The number of benzene rings is 2. The fraction of sp³-hybridized carbons (Fsp3) is 0.235. The number of hydrogen-bond donors (Lipinski definition) is 1. The van der Waals surface area contributed by atoms with Gasteiger partial charge in [0.15, 0.2) is 0 Å². The molecule has 0 aliphatic carbocycles. The van der Waals surface area contributed by atoms with Gasteiger partial charge in [-0.25, -0.2) is 0 Å². The number of amides is 1. The number of nitrogens with zero attached hydrogens (tertiary/aromatic N) is 1. The third kappa shape index (κ3) is 2.38. The molecule has 0 radical (unpaired) electrons. The van der Waals surface area contributed by atoms with Crippen LogP contribution >= 0.6 is 11.6 Å². The Morgan fingerprint density at radius 3 is 2.76 bits per heavy atom. The van der Waals surface area contributed by atoms with Crippen LogP contribution in [0.5, 0.6) is 0 Å². The first kappa shape index (κ1) is 14.0. The number of carbonyl (C=O) groups excluding carboxylic acids is 1. The van der Waals surface area contributed by atoms with Crippen LogP contribution < -0.4 is 10.6 Å². The maximum absolute atomic E-state index is 12.8. The van der Waals surface area contributed by atoms with Gasteiger partial charge in [-0.1, -0.05) is 17.7 Å². The lowest BCUT2D eigenvalue weighted by molar-refractivity contribution is 0.0981. The average Bonchev–Trinajstić information content (AvgIpc) is 2.73. The number of fused-ring (bicyclic) bond motifs is 1. The molecule has 1 unspecified atom stereocenters. The van der Waals surface area contributed by atoms with E-state index in [0.29, 0.717) is 10.6 Å². The molecule has 1 atom stereocenters. The molecule has 108 valence electrons. The Hall–Kier alpha value is -2.00. The van der Waals surface area contributed by atoms with Crippen molar-refractivity contribution in [2.75, 3.05) is 10.6 Å². The number of nitrogen functional groups attached to an aromatic ring is 1. The highest BCUT2D eigenvalue weighted by atomic mass is 35.5. The quantitative estimate of drug-likeness (QED) is 0.814. The topological polar surface area (TPSA) is 46.3 Å². The number of rotatable bonds is 1. The van der Waals surface area contributed by atoms with Crippen LogP contribution in [0.1, 0.15) is 28.4 Å². The number of hydrogen-bond acceptors (Lipinski definition) is 2. The number of aryl methyl sites for hydroxylation is 1. The molecule has 1 aliphatic heterocycles. The van der Waals surface area contributed by atoms with Gasteiger partial charge in [0.25, 0.3) is 5.91 Å². The molecule has 2 aromatic rings. The number of halogens is 1. The molecule has 1 aliphatic rings. The summed E-state index contributed by atoms with van der Waals surface area (Å²) in [4.78, 5) is 14.7. The molecule has 0 bridgehead atoms. The number of carbonyl (C=O) groups is 1. The van der Waals surface area contributed by atoms with Crippen molar-refractivity contribution in [3.05, 3.63) is 58.1 Å². The van der Waals surface area contributed by atoms with Crippen molar-refractivity contribution < 1.29 is 4.79 Å². The summed E-state index contributed by atoms with van der Waals surface area (Å²) in [5.74, 6) is -0.0592. The summed E-state index contributed by atoms with van der Waals surface area (Å²) >= 11 is 6.24. The first-order chi connectivity index (χ1) is 9.97. The molecule has 0 saturated carbocycles. The Morgan fingerprint density at radius 2 is 2.05 bits per heavy atom. The van der Waals surface area contributed by atoms with E-state index in [-0.39, 0.29) is 11.9 Å². The predicted molar refractivity (Wildman–Crippen MR) is 87.0 cm³/mol. The third-order valence-corrected chi connectivity index (χ3v) is 4.21. The van der Waals surface area contributed by atoms with Crippen molar-refractivity contribution in [3.8, 4) is 0 Å². The summed E-state index contributed by atoms with van der Waals surface area (Å²) in [7, 11) is 0. The fourth-order valence-corrected chi connectivity index (χ4v) is 3.20. The zero-order valence-electron chi connectivity index (χ0n) is 12.1. The smallest absolute Gasteiger partial charge is 0.260 e. The second-order valence-electron chi connectivity index (χ2n) is 5.60. The molecular weight excluding hydrogens is 284 g/mol. The van der Waals surface area contributed by atoms with Crippen LogP contribution in [0.3, 0.4) is 0 Å². The Balaban J connectivity index is 2.03. The molecule has 4 heteroatoms. The average molecular weight is 301 g/mol. The molecule has 21 heavy (non-hydrogen) atoms. The van der Waals surface area contributed by atoms with Gasteiger partial charge in [-0.05, 0) is 61.7 Å². The van der Waals surface area contributed by atoms with Crippen molar-refractivity contribution in [3.63, 3.8) is 0 Å². The summed E-state index contributed by atoms with van der Waals surface area (Å²) in [5.41, 5.74) is 10.2. The van der Waals surface area contributed by atoms with Crippen LogP contribution in [0.15, 0.2) is 36.4 Å². The molecule has 2 N–H and O–H groups in total. The van der Waals surface area contributed by atoms with E-state index in [9.17, 15) is 4.79 Å². The van der Waals surface area contributed by atoms with Crippen LogP contribution in [0, 0.1) is 6.92 Å². The SMILES string of the molecule is Cc1ccc(C(=O)N2c3ccc(N)cc3CC2C)c(Cl)c1. The molecule has 3 nitrogen and oxygen atoms in total. The first-order valence-corrected chi connectivity index (χ1v) is 7.33. The molecule has 2 aromatic carbocycles. The lowest BCUT2D eigenvalue weighted by Crippen LogP contribution is -2.35. The van der Waals surface area contributed by atoms with Crippen LogP contribution in [-0.2, 0) is 6.42 Å². The zero-order chi connectivity index (χ0) is 15.1. The fourth-order valence-electron chi connectivity index (χ4n) is 2.88. The van der Waals surface area contributed by atoms with E-state index in [2.05, 4.69) is 0 Å². The monoisotopic (exact) mass is 300 g/mol. The minimum Gasteiger partial charge on any atom is -0.399 e. The molecule has 1 amide bonds. The Bertz CT molecular complexity index is 727. The Kier molecular flexibility index (Phi) is 3.38. The highest BCUT2D eigenvalue weighted by molar-refractivity contribution is 6.34. The van der Waals surface area contributed by atoms with Crippen molar-refractivity contribution in [1.29, 1.82) is 0 Å². The van der Waals surface area contributed by atoms with Crippen molar-refractivity contribution in [2.45, 2.75) is 26.3 Å². The van der Waals surface area contributed by atoms with Gasteiger partial charge in [0, 0.05) is 17.4 Å². The molecular formula is C17H17ClN2O. The van der Waals surface area contributed by atoms with Gasteiger partial charge in [-0.2, -0.15) is 0 Å². The van der Waals surface area contributed by atoms with Gasteiger partial charge in [-0.3, -0.25) is 4.79 Å². The summed E-state index contributed by atoms with van der Waals surface area (Å²) in [6, 6.07) is 11.3. The Labute approximate surface area is 129 Å². The highest BCUT2D eigenvalue weighted by Crippen LogP contribution is 2.35. The van der Waals surface area contributed by atoms with E-state index < -0.39 is 0 Å². The lowest BCUT2D eigenvalue weighted by atomic mass is 10.1. The number of anilines is 2. The Morgan fingerprint density at radius 1 is 1.29 bits per heavy atom. The number of nitrogens with two attached hydrogens (primary N) is 1. The van der Waals surface area contributed by atoms with E-state index in [1.807, 2.05) is 49.1 Å². The second-order valence-corrected chi connectivity index (χ2v) is 6.01. The molecule has 0 fully saturated rings. The summed E-state index contributed by atoms with van der Waals surface area (Å²) in [6.45, 7) is 3.99. The third-order valence-electron chi connectivity index (χ3n) is 3.89. The van der Waals surface area contributed by atoms with Crippen molar-refractivity contribution in [2.24, 2.45) is 0 Å². The largest absolute Gasteiger partial charge is 0.399 e. The predicted octanol–water partition coefficient (Wildman–Crippen LogP) is 3.82. The first-order valence-electron chi connectivity index (χ1n) is 6.95. The maximum atomic E-state index is 12.8. The normalized spacial score (nSPS) is 16.9.